The van der Waals surface area contributed by atoms with Gasteiger partial charge in [0.2, 0.25) is 0 Å². The third kappa shape index (κ3) is 2.18. The number of rotatable bonds is 2. The topological polar surface area (TPSA) is 41.0 Å². The normalized spacial score (nSPS) is 20.9. The predicted molar refractivity (Wildman–Crippen MR) is 82.3 cm³/mol. The molecule has 1 aromatic carbocycles. The number of piperidine rings is 1. The third-order valence-corrected chi connectivity index (χ3v) is 4.46. The first kappa shape index (κ1) is 13.4. The Morgan fingerprint density at radius 2 is 2.15 bits per heavy atom. The summed E-state index contributed by atoms with van der Waals surface area (Å²) in [5, 5.41) is 0. The summed E-state index contributed by atoms with van der Waals surface area (Å²) >= 11 is 0. The van der Waals surface area contributed by atoms with E-state index in [1.165, 1.54) is 5.56 Å². The van der Waals surface area contributed by atoms with Crippen LogP contribution in [0.5, 0.6) is 0 Å². The molecule has 0 radical (unpaired) electrons. The molecule has 1 aliphatic heterocycles. The summed E-state index contributed by atoms with van der Waals surface area (Å²) in [6.07, 6.45) is 2.25. The van der Waals surface area contributed by atoms with Crippen LogP contribution in [0.3, 0.4) is 0 Å². The molecule has 0 aliphatic carbocycles. The lowest BCUT2D eigenvalue weighted by Gasteiger charge is -2.36. The average molecular weight is 273 g/mol. The number of nitrogens with one attached hydrogen (secondary N) is 1. The highest BCUT2D eigenvalue weighted by Crippen LogP contribution is 2.26. The van der Waals surface area contributed by atoms with Gasteiger partial charge in [-0.1, -0.05) is 12.1 Å². The van der Waals surface area contributed by atoms with Crippen LogP contribution >= 0.6 is 0 Å². The van der Waals surface area contributed by atoms with Gasteiger partial charge in [-0.25, -0.2) is 4.79 Å². The molecule has 4 heteroatoms. The molecular formula is C16H23N3O. The number of nitrogens with zero attached hydrogens (tertiary/aromatic N) is 2. The molecule has 1 aromatic heterocycles. The molecule has 1 atom stereocenters. The SMILES string of the molecule is Cc1cccc2[nH]c(=O)n(C3CCCN(C(C)C)C3)c12. The highest BCUT2D eigenvalue weighted by atomic mass is 16.1. The Labute approximate surface area is 119 Å². The minimum absolute atomic E-state index is 0.0323. The van der Waals surface area contributed by atoms with Crippen molar-refractivity contribution < 1.29 is 0 Å². The number of aromatic amines is 1. The van der Waals surface area contributed by atoms with Gasteiger partial charge in [0.15, 0.2) is 0 Å². The van der Waals surface area contributed by atoms with Crippen LogP contribution in [0, 0.1) is 6.92 Å². The summed E-state index contributed by atoms with van der Waals surface area (Å²) in [5.41, 5.74) is 3.23. The number of aryl methyl sites for hydroxylation is 1. The first-order valence-corrected chi connectivity index (χ1v) is 7.52. The smallest absolute Gasteiger partial charge is 0.306 e. The van der Waals surface area contributed by atoms with Crippen LogP contribution in [0.2, 0.25) is 0 Å². The zero-order chi connectivity index (χ0) is 14.3. The molecule has 2 aromatic rings. The van der Waals surface area contributed by atoms with Crippen LogP contribution in [0.1, 0.15) is 38.3 Å². The van der Waals surface area contributed by atoms with Crippen molar-refractivity contribution in [3.63, 3.8) is 0 Å². The molecule has 1 unspecified atom stereocenters. The van der Waals surface area contributed by atoms with Crippen molar-refractivity contribution in [2.75, 3.05) is 13.1 Å². The van der Waals surface area contributed by atoms with E-state index < -0.39 is 0 Å². The Bertz CT molecular complexity index is 668. The number of aromatic nitrogens is 2. The first-order chi connectivity index (χ1) is 9.58. The predicted octanol–water partition coefficient (Wildman–Crippen LogP) is 2.68. The van der Waals surface area contributed by atoms with Crippen molar-refractivity contribution in [2.45, 2.75) is 45.7 Å². The number of benzene rings is 1. The summed E-state index contributed by atoms with van der Waals surface area (Å²) in [6.45, 7) is 8.65. The Hall–Kier alpha value is -1.55. The molecule has 1 aliphatic rings. The zero-order valence-electron chi connectivity index (χ0n) is 12.5. The first-order valence-electron chi connectivity index (χ1n) is 7.52. The van der Waals surface area contributed by atoms with Gasteiger partial charge in [-0.15, -0.1) is 0 Å². The van der Waals surface area contributed by atoms with Gasteiger partial charge in [-0.05, 0) is 51.8 Å². The lowest BCUT2D eigenvalue weighted by atomic mass is 10.0. The monoisotopic (exact) mass is 273 g/mol. The lowest BCUT2D eigenvalue weighted by molar-refractivity contribution is 0.143. The van der Waals surface area contributed by atoms with Crippen molar-refractivity contribution in [2.24, 2.45) is 0 Å². The number of fused-ring (bicyclic) bond motifs is 1. The van der Waals surface area contributed by atoms with Crippen molar-refractivity contribution >= 4 is 11.0 Å². The molecule has 0 spiro atoms. The van der Waals surface area contributed by atoms with Crippen LogP contribution in [0.15, 0.2) is 23.0 Å². The van der Waals surface area contributed by atoms with Gasteiger partial charge in [0, 0.05) is 12.6 Å². The fraction of sp³-hybridized carbons (Fsp3) is 0.562. The number of likely N-dealkylation sites (tertiary alicyclic amines) is 1. The van der Waals surface area contributed by atoms with Crippen molar-refractivity contribution in [3.05, 3.63) is 34.2 Å². The van der Waals surface area contributed by atoms with E-state index in [0.717, 1.165) is 37.0 Å². The van der Waals surface area contributed by atoms with Gasteiger partial charge in [-0.3, -0.25) is 9.47 Å². The summed E-state index contributed by atoms with van der Waals surface area (Å²) < 4.78 is 1.99. The van der Waals surface area contributed by atoms with Crippen molar-refractivity contribution in [3.8, 4) is 0 Å². The van der Waals surface area contributed by atoms with Gasteiger partial charge in [0.1, 0.15) is 0 Å². The second-order valence-electron chi connectivity index (χ2n) is 6.16. The largest absolute Gasteiger partial charge is 0.326 e. The van der Waals surface area contributed by atoms with E-state index >= 15 is 0 Å². The van der Waals surface area contributed by atoms with E-state index in [1.54, 1.807) is 0 Å². The molecule has 1 fully saturated rings. The quantitative estimate of drug-likeness (QED) is 0.914. The Morgan fingerprint density at radius 1 is 1.35 bits per heavy atom. The maximum absolute atomic E-state index is 12.4. The number of hydrogen-bond acceptors (Lipinski definition) is 2. The average Bonchev–Trinajstić information content (AvgIpc) is 2.76. The van der Waals surface area contributed by atoms with Crippen LogP contribution < -0.4 is 5.69 Å². The molecule has 2 heterocycles. The molecule has 0 bridgehead atoms. The van der Waals surface area contributed by atoms with Crippen molar-refractivity contribution in [1.82, 2.24) is 14.5 Å². The van der Waals surface area contributed by atoms with E-state index in [4.69, 9.17) is 0 Å². The van der Waals surface area contributed by atoms with Gasteiger partial charge >= 0.3 is 5.69 Å². The Kier molecular flexibility index (Phi) is 3.42. The highest BCUT2D eigenvalue weighted by Gasteiger charge is 2.25. The molecule has 4 nitrogen and oxygen atoms in total. The van der Waals surface area contributed by atoms with E-state index in [2.05, 4.69) is 36.7 Å². The molecule has 1 N–H and O–H groups in total. The second kappa shape index (κ2) is 5.09. The van der Waals surface area contributed by atoms with Crippen molar-refractivity contribution in [1.29, 1.82) is 0 Å². The Morgan fingerprint density at radius 3 is 2.90 bits per heavy atom. The molecule has 3 rings (SSSR count). The van der Waals surface area contributed by atoms with Gasteiger partial charge in [-0.2, -0.15) is 0 Å². The standard InChI is InChI=1S/C16H23N3O/c1-11(2)18-9-5-7-13(10-18)19-15-12(3)6-4-8-14(15)17-16(19)20/h4,6,8,11,13H,5,7,9-10H2,1-3H3,(H,17,20). The second-order valence-corrected chi connectivity index (χ2v) is 6.16. The summed E-state index contributed by atoms with van der Waals surface area (Å²) in [7, 11) is 0. The highest BCUT2D eigenvalue weighted by molar-refractivity contribution is 5.78. The number of imidazole rings is 1. The molecule has 0 amide bonds. The fourth-order valence-electron chi connectivity index (χ4n) is 3.37. The number of hydrogen-bond donors (Lipinski definition) is 1. The molecular weight excluding hydrogens is 250 g/mol. The minimum atomic E-state index is 0.0323. The van der Waals surface area contributed by atoms with Gasteiger partial charge < -0.3 is 4.98 Å². The van der Waals surface area contributed by atoms with Crippen LogP contribution in [0.4, 0.5) is 0 Å². The lowest BCUT2D eigenvalue weighted by Crippen LogP contribution is -2.42. The molecule has 108 valence electrons. The molecule has 20 heavy (non-hydrogen) atoms. The van der Waals surface area contributed by atoms with E-state index in [1.807, 2.05) is 16.7 Å². The van der Waals surface area contributed by atoms with Gasteiger partial charge in [0.25, 0.3) is 0 Å². The summed E-state index contributed by atoms with van der Waals surface area (Å²) in [4.78, 5) is 17.8. The van der Waals surface area contributed by atoms with Gasteiger partial charge in [0.05, 0.1) is 17.1 Å². The number of para-hydroxylation sites is 1. The maximum atomic E-state index is 12.4. The van der Waals surface area contributed by atoms with Crippen LogP contribution in [0.25, 0.3) is 11.0 Å². The van der Waals surface area contributed by atoms with E-state index in [0.29, 0.717) is 6.04 Å². The van der Waals surface area contributed by atoms with Crippen LogP contribution in [-0.4, -0.2) is 33.6 Å². The van der Waals surface area contributed by atoms with E-state index in [9.17, 15) is 4.79 Å². The minimum Gasteiger partial charge on any atom is -0.306 e. The van der Waals surface area contributed by atoms with E-state index in [-0.39, 0.29) is 11.7 Å². The summed E-state index contributed by atoms with van der Waals surface area (Å²) in [5.74, 6) is 0. The zero-order valence-corrected chi connectivity index (χ0v) is 12.5. The Balaban J connectivity index is 2.06. The molecule has 0 saturated carbocycles. The molecule has 1 saturated heterocycles. The fourth-order valence-corrected chi connectivity index (χ4v) is 3.37. The summed E-state index contributed by atoms with van der Waals surface area (Å²) in [6, 6.07) is 6.89. The maximum Gasteiger partial charge on any atom is 0.326 e. The number of H-pyrrole nitrogens is 1. The van der Waals surface area contributed by atoms with Crippen LogP contribution in [-0.2, 0) is 0 Å². The third-order valence-electron chi connectivity index (χ3n) is 4.46.